The van der Waals surface area contributed by atoms with Crippen LogP contribution in [0, 0.1) is 0 Å². The Balaban J connectivity index is 2.08. The standard InChI is InChI=1S/C13H20N2O3/c1-16-9-4-8(5-9)15-11-7-13(18-3)12(17-2)6-10(11)14/h6-9,15H,4-5,14H2,1-3H3. The number of benzene rings is 1. The predicted octanol–water partition coefficient (Wildman–Crippen LogP) is 1.88. The molecule has 1 aromatic rings. The minimum atomic E-state index is 0.365. The van der Waals surface area contributed by atoms with Gasteiger partial charge in [0.05, 0.1) is 31.7 Å². The highest BCUT2D eigenvalue weighted by molar-refractivity contribution is 5.72. The third-order valence-corrected chi connectivity index (χ3v) is 3.34. The summed E-state index contributed by atoms with van der Waals surface area (Å²) in [6.45, 7) is 0. The lowest BCUT2D eigenvalue weighted by atomic mass is 9.89. The van der Waals surface area contributed by atoms with Gasteiger partial charge in [-0.3, -0.25) is 0 Å². The molecule has 100 valence electrons. The van der Waals surface area contributed by atoms with Crippen LogP contribution >= 0.6 is 0 Å². The van der Waals surface area contributed by atoms with Gasteiger partial charge in [0.15, 0.2) is 11.5 Å². The molecule has 5 nitrogen and oxygen atoms in total. The average Bonchev–Trinajstić information content (AvgIpc) is 2.34. The fourth-order valence-electron chi connectivity index (χ4n) is 2.12. The van der Waals surface area contributed by atoms with E-state index in [0.29, 0.717) is 29.3 Å². The lowest BCUT2D eigenvalue weighted by Gasteiger charge is -2.35. The molecule has 0 unspecified atom stereocenters. The second kappa shape index (κ2) is 5.35. The Bertz CT molecular complexity index is 417. The Morgan fingerprint density at radius 1 is 1.11 bits per heavy atom. The number of ether oxygens (including phenoxy) is 3. The summed E-state index contributed by atoms with van der Waals surface area (Å²) in [5.74, 6) is 1.32. The quantitative estimate of drug-likeness (QED) is 0.783. The Labute approximate surface area is 107 Å². The van der Waals surface area contributed by atoms with Gasteiger partial charge in [0, 0.05) is 25.3 Å². The number of hydrogen-bond donors (Lipinski definition) is 2. The molecule has 1 aliphatic rings. The molecular formula is C13H20N2O3. The maximum atomic E-state index is 5.99. The van der Waals surface area contributed by atoms with Crippen LogP contribution in [0.15, 0.2) is 12.1 Å². The van der Waals surface area contributed by atoms with Gasteiger partial charge in [-0.05, 0) is 12.8 Å². The third-order valence-electron chi connectivity index (χ3n) is 3.34. The molecule has 1 saturated carbocycles. The maximum absolute atomic E-state index is 5.99. The topological polar surface area (TPSA) is 65.7 Å². The van der Waals surface area contributed by atoms with Crippen molar-refractivity contribution in [3.63, 3.8) is 0 Å². The van der Waals surface area contributed by atoms with Crippen LogP contribution in [0.3, 0.4) is 0 Å². The highest BCUT2D eigenvalue weighted by Crippen LogP contribution is 2.36. The molecule has 5 heteroatoms. The number of methoxy groups -OCH3 is 3. The van der Waals surface area contributed by atoms with Gasteiger partial charge in [-0.15, -0.1) is 0 Å². The molecule has 0 bridgehead atoms. The first-order chi connectivity index (χ1) is 8.67. The van der Waals surface area contributed by atoms with Crippen molar-refractivity contribution in [1.29, 1.82) is 0 Å². The zero-order chi connectivity index (χ0) is 13.1. The molecule has 0 amide bonds. The maximum Gasteiger partial charge on any atom is 0.162 e. The lowest BCUT2D eigenvalue weighted by molar-refractivity contribution is 0.0329. The molecular weight excluding hydrogens is 232 g/mol. The zero-order valence-electron chi connectivity index (χ0n) is 11.0. The van der Waals surface area contributed by atoms with E-state index in [-0.39, 0.29) is 0 Å². The van der Waals surface area contributed by atoms with Crippen molar-refractivity contribution in [1.82, 2.24) is 0 Å². The first-order valence-electron chi connectivity index (χ1n) is 5.98. The van der Waals surface area contributed by atoms with Crippen molar-refractivity contribution in [2.45, 2.75) is 25.0 Å². The second-order valence-electron chi connectivity index (χ2n) is 4.46. The van der Waals surface area contributed by atoms with Crippen LogP contribution in [0.2, 0.25) is 0 Å². The lowest BCUT2D eigenvalue weighted by Crippen LogP contribution is -2.40. The van der Waals surface area contributed by atoms with Gasteiger partial charge in [-0.25, -0.2) is 0 Å². The van der Waals surface area contributed by atoms with E-state index in [1.165, 1.54) is 0 Å². The van der Waals surface area contributed by atoms with Crippen LogP contribution < -0.4 is 20.5 Å². The van der Waals surface area contributed by atoms with E-state index < -0.39 is 0 Å². The van der Waals surface area contributed by atoms with Crippen molar-refractivity contribution in [3.8, 4) is 11.5 Å². The van der Waals surface area contributed by atoms with Crippen molar-refractivity contribution in [2.24, 2.45) is 0 Å². The fraction of sp³-hybridized carbons (Fsp3) is 0.538. The Hall–Kier alpha value is -1.62. The van der Waals surface area contributed by atoms with E-state index >= 15 is 0 Å². The molecule has 0 heterocycles. The monoisotopic (exact) mass is 252 g/mol. The molecule has 0 aromatic heterocycles. The summed E-state index contributed by atoms with van der Waals surface area (Å²) >= 11 is 0. The smallest absolute Gasteiger partial charge is 0.162 e. The summed E-state index contributed by atoms with van der Waals surface area (Å²) < 4.78 is 15.7. The fourth-order valence-corrected chi connectivity index (χ4v) is 2.12. The van der Waals surface area contributed by atoms with Gasteiger partial charge in [-0.2, -0.15) is 0 Å². The number of hydrogen-bond acceptors (Lipinski definition) is 5. The van der Waals surface area contributed by atoms with Gasteiger partial charge in [-0.1, -0.05) is 0 Å². The van der Waals surface area contributed by atoms with E-state index in [1.54, 1.807) is 27.4 Å². The summed E-state index contributed by atoms with van der Waals surface area (Å²) in [6.07, 6.45) is 2.37. The van der Waals surface area contributed by atoms with Crippen LogP contribution in [0.1, 0.15) is 12.8 Å². The van der Waals surface area contributed by atoms with E-state index in [1.807, 2.05) is 6.07 Å². The van der Waals surface area contributed by atoms with Crippen LogP contribution in [0.25, 0.3) is 0 Å². The highest BCUT2D eigenvalue weighted by Gasteiger charge is 2.29. The molecule has 1 fully saturated rings. The molecule has 18 heavy (non-hydrogen) atoms. The number of nitrogen functional groups attached to an aromatic ring is 1. The van der Waals surface area contributed by atoms with Crippen molar-refractivity contribution >= 4 is 11.4 Å². The number of rotatable bonds is 5. The van der Waals surface area contributed by atoms with Crippen molar-refractivity contribution in [3.05, 3.63) is 12.1 Å². The molecule has 0 aliphatic heterocycles. The van der Waals surface area contributed by atoms with Gasteiger partial charge >= 0.3 is 0 Å². The van der Waals surface area contributed by atoms with Crippen LogP contribution in [0.4, 0.5) is 11.4 Å². The molecule has 0 radical (unpaired) electrons. The number of nitrogens with two attached hydrogens (primary N) is 1. The van der Waals surface area contributed by atoms with E-state index in [4.69, 9.17) is 19.9 Å². The van der Waals surface area contributed by atoms with Gasteiger partial charge in [0.2, 0.25) is 0 Å². The summed E-state index contributed by atoms with van der Waals surface area (Å²) in [4.78, 5) is 0. The molecule has 0 saturated heterocycles. The summed E-state index contributed by atoms with van der Waals surface area (Å²) in [6, 6.07) is 4.05. The Kier molecular flexibility index (Phi) is 3.81. The minimum Gasteiger partial charge on any atom is -0.493 e. The van der Waals surface area contributed by atoms with Crippen LogP contribution in [0.5, 0.6) is 11.5 Å². The molecule has 3 N–H and O–H groups in total. The summed E-state index contributed by atoms with van der Waals surface area (Å²) in [5.41, 5.74) is 7.53. The van der Waals surface area contributed by atoms with Crippen LogP contribution in [-0.4, -0.2) is 33.5 Å². The van der Waals surface area contributed by atoms with Crippen molar-refractivity contribution < 1.29 is 14.2 Å². The SMILES string of the molecule is COc1cc(N)c(NC2CC(OC)C2)cc1OC. The second-order valence-corrected chi connectivity index (χ2v) is 4.46. The molecule has 2 rings (SSSR count). The number of anilines is 2. The van der Waals surface area contributed by atoms with E-state index in [2.05, 4.69) is 5.32 Å². The van der Waals surface area contributed by atoms with Gasteiger partial charge in [0.1, 0.15) is 0 Å². The van der Waals surface area contributed by atoms with Crippen molar-refractivity contribution in [2.75, 3.05) is 32.4 Å². The minimum absolute atomic E-state index is 0.365. The van der Waals surface area contributed by atoms with Gasteiger partial charge < -0.3 is 25.3 Å². The first-order valence-corrected chi connectivity index (χ1v) is 5.98. The molecule has 1 aliphatic carbocycles. The zero-order valence-corrected chi connectivity index (χ0v) is 11.0. The third kappa shape index (κ3) is 2.46. The Morgan fingerprint density at radius 3 is 2.28 bits per heavy atom. The Morgan fingerprint density at radius 2 is 1.72 bits per heavy atom. The average molecular weight is 252 g/mol. The summed E-state index contributed by atoms with van der Waals surface area (Å²) in [7, 11) is 4.95. The summed E-state index contributed by atoms with van der Waals surface area (Å²) in [5, 5.41) is 3.40. The molecule has 0 spiro atoms. The highest BCUT2D eigenvalue weighted by atomic mass is 16.5. The largest absolute Gasteiger partial charge is 0.493 e. The first kappa shape index (κ1) is 12.8. The van der Waals surface area contributed by atoms with E-state index in [0.717, 1.165) is 18.5 Å². The normalized spacial score (nSPS) is 22.2. The molecule has 0 atom stereocenters. The molecule has 1 aromatic carbocycles. The predicted molar refractivity (Wildman–Crippen MR) is 71.4 cm³/mol. The van der Waals surface area contributed by atoms with E-state index in [9.17, 15) is 0 Å². The van der Waals surface area contributed by atoms with Gasteiger partial charge in [0.25, 0.3) is 0 Å². The number of nitrogens with one attached hydrogen (secondary N) is 1. The van der Waals surface area contributed by atoms with Crippen LogP contribution in [-0.2, 0) is 4.74 Å².